The number of nitro benzene ring substituents is 1. The van der Waals surface area contributed by atoms with Crippen molar-refractivity contribution in [2.75, 3.05) is 0 Å². The molecule has 19 heavy (non-hydrogen) atoms. The van der Waals surface area contributed by atoms with Crippen molar-refractivity contribution in [3.05, 3.63) is 62.3 Å². The first-order valence-corrected chi connectivity index (χ1v) is 6.55. The van der Waals surface area contributed by atoms with E-state index in [1.54, 1.807) is 6.07 Å². The first kappa shape index (κ1) is 13.2. The van der Waals surface area contributed by atoms with Gasteiger partial charge in [0.1, 0.15) is 5.56 Å². The molecule has 0 saturated heterocycles. The van der Waals surface area contributed by atoms with Crippen molar-refractivity contribution < 1.29 is 9.72 Å². The summed E-state index contributed by atoms with van der Waals surface area (Å²) < 4.78 is 0. The van der Waals surface area contributed by atoms with Gasteiger partial charge in [-0.05, 0) is 24.4 Å². The van der Waals surface area contributed by atoms with E-state index >= 15 is 0 Å². The van der Waals surface area contributed by atoms with E-state index in [9.17, 15) is 14.9 Å². The van der Waals surface area contributed by atoms with Gasteiger partial charge in [0.15, 0.2) is 0 Å². The number of rotatable bonds is 4. The highest BCUT2D eigenvalue weighted by molar-refractivity contribution is 7.10. The summed E-state index contributed by atoms with van der Waals surface area (Å²) in [7, 11) is 0. The molecule has 1 heterocycles. The maximum atomic E-state index is 12.1. The van der Waals surface area contributed by atoms with E-state index in [1.807, 2.05) is 24.4 Å². The molecule has 1 aromatic heterocycles. The van der Waals surface area contributed by atoms with Crippen LogP contribution in [0, 0.1) is 10.1 Å². The lowest BCUT2D eigenvalue weighted by atomic mass is 10.1. The van der Waals surface area contributed by atoms with Crippen LogP contribution in [0.15, 0.2) is 41.8 Å². The van der Waals surface area contributed by atoms with E-state index in [0.717, 1.165) is 4.88 Å². The fourth-order valence-corrected chi connectivity index (χ4v) is 2.44. The van der Waals surface area contributed by atoms with Crippen LogP contribution in [0.4, 0.5) is 5.69 Å². The number of carbonyl (C=O) groups is 1. The summed E-state index contributed by atoms with van der Waals surface area (Å²) in [5.41, 5.74) is -0.103. The third-order valence-electron chi connectivity index (χ3n) is 2.66. The maximum absolute atomic E-state index is 12.1. The molecule has 0 radical (unpaired) electrons. The van der Waals surface area contributed by atoms with Gasteiger partial charge >= 0.3 is 0 Å². The Labute approximate surface area is 114 Å². The van der Waals surface area contributed by atoms with Crippen molar-refractivity contribution in [1.82, 2.24) is 5.32 Å². The van der Waals surface area contributed by atoms with Crippen LogP contribution in [0.2, 0.25) is 0 Å². The number of nitrogens with one attached hydrogen (secondary N) is 1. The summed E-state index contributed by atoms with van der Waals surface area (Å²) in [6.07, 6.45) is 0. The zero-order valence-electron chi connectivity index (χ0n) is 10.2. The summed E-state index contributed by atoms with van der Waals surface area (Å²) in [6.45, 7) is 1.85. The number of hydrogen-bond donors (Lipinski definition) is 1. The quantitative estimate of drug-likeness (QED) is 0.688. The highest BCUT2D eigenvalue weighted by atomic mass is 32.1. The molecule has 1 unspecified atom stereocenters. The molecule has 0 aliphatic heterocycles. The minimum absolute atomic E-state index is 0.0795. The second-order valence-corrected chi connectivity index (χ2v) is 4.96. The third kappa shape index (κ3) is 2.97. The van der Waals surface area contributed by atoms with Crippen molar-refractivity contribution in [2.45, 2.75) is 13.0 Å². The van der Waals surface area contributed by atoms with Crippen LogP contribution >= 0.6 is 11.3 Å². The highest BCUT2D eigenvalue weighted by Crippen LogP contribution is 2.21. The van der Waals surface area contributed by atoms with Crippen LogP contribution in [0.5, 0.6) is 0 Å². The second kappa shape index (κ2) is 5.62. The Morgan fingerprint density at radius 1 is 1.32 bits per heavy atom. The van der Waals surface area contributed by atoms with Crippen molar-refractivity contribution in [2.24, 2.45) is 0 Å². The molecule has 6 heteroatoms. The van der Waals surface area contributed by atoms with Crippen molar-refractivity contribution in [1.29, 1.82) is 0 Å². The topological polar surface area (TPSA) is 72.2 Å². The smallest absolute Gasteiger partial charge is 0.282 e. The monoisotopic (exact) mass is 276 g/mol. The minimum Gasteiger partial charge on any atom is -0.344 e. The highest BCUT2D eigenvalue weighted by Gasteiger charge is 2.20. The molecule has 5 nitrogen and oxygen atoms in total. The van der Waals surface area contributed by atoms with Crippen LogP contribution < -0.4 is 5.32 Å². The van der Waals surface area contributed by atoms with Crippen LogP contribution in [-0.2, 0) is 0 Å². The third-order valence-corrected chi connectivity index (χ3v) is 3.72. The molecule has 0 bridgehead atoms. The predicted octanol–water partition coefficient (Wildman–Crippen LogP) is 3.15. The molecule has 0 aliphatic rings. The number of thiophene rings is 1. The molecule has 1 amide bonds. The zero-order chi connectivity index (χ0) is 13.8. The van der Waals surface area contributed by atoms with Crippen LogP contribution in [0.1, 0.15) is 28.2 Å². The van der Waals surface area contributed by atoms with Crippen molar-refractivity contribution >= 4 is 22.9 Å². The molecule has 0 saturated carbocycles. The summed E-state index contributed by atoms with van der Waals surface area (Å²) >= 11 is 1.53. The Bertz CT molecular complexity index is 596. The summed E-state index contributed by atoms with van der Waals surface area (Å²) in [6, 6.07) is 9.56. The van der Waals surface area contributed by atoms with E-state index in [4.69, 9.17) is 0 Å². The number of nitrogens with zero attached hydrogens (tertiary/aromatic N) is 1. The molecular formula is C13H12N2O3S. The zero-order valence-corrected chi connectivity index (χ0v) is 11.0. The largest absolute Gasteiger partial charge is 0.344 e. The molecule has 2 aromatic rings. The van der Waals surface area contributed by atoms with Crippen molar-refractivity contribution in [3.8, 4) is 0 Å². The summed E-state index contributed by atoms with van der Waals surface area (Å²) in [5, 5.41) is 15.5. The molecular weight excluding hydrogens is 264 g/mol. The average Bonchev–Trinajstić information content (AvgIpc) is 2.92. The van der Waals surface area contributed by atoms with E-state index < -0.39 is 10.8 Å². The second-order valence-electron chi connectivity index (χ2n) is 3.98. The summed E-state index contributed by atoms with van der Waals surface area (Å²) in [5.74, 6) is -0.437. The average molecular weight is 276 g/mol. The van der Waals surface area contributed by atoms with Gasteiger partial charge in [0.25, 0.3) is 11.6 Å². The Morgan fingerprint density at radius 3 is 2.68 bits per heavy atom. The normalized spacial score (nSPS) is 11.8. The fourth-order valence-electron chi connectivity index (χ4n) is 1.71. The van der Waals surface area contributed by atoms with E-state index in [0.29, 0.717) is 0 Å². The number of hydrogen-bond acceptors (Lipinski definition) is 4. The maximum Gasteiger partial charge on any atom is 0.282 e. The number of carbonyl (C=O) groups excluding carboxylic acids is 1. The molecule has 98 valence electrons. The first-order chi connectivity index (χ1) is 9.09. The molecule has 2 rings (SSSR count). The van der Waals surface area contributed by atoms with Gasteiger partial charge in [-0.1, -0.05) is 18.2 Å². The lowest BCUT2D eigenvalue weighted by Crippen LogP contribution is -2.26. The first-order valence-electron chi connectivity index (χ1n) is 5.67. The van der Waals surface area contributed by atoms with Gasteiger partial charge < -0.3 is 5.32 Å². The Morgan fingerprint density at radius 2 is 2.05 bits per heavy atom. The van der Waals surface area contributed by atoms with Crippen LogP contribution in [-0.4, -0.2) is 10.8 Å². The van der Waals surface area contributed by atoms with Crippen molar-refractivity contribution in [3.63, 3.8) is 0 Å². The molecule has 1 N–H and O–H groups in total. The molecule has 0 fully saturated rings. The van der Waals surface area contributed by atoms with E-state index in [1.165, 1.54) is 29.5 Å². The number of nitro groups is 1. The van der Waals surface area contributed by atoms with Gasteiger partial charge in [-0.2, -0.15) is 0 Å². The molecule has 1 atom stereocenters. The lowest BCUT2D eigenvalue weighted by Gasteiger charge is -2.12. The van der Waals surface area contributed by atoms with Crippen LogP contribution in [0.25, 0.3) is 0 Å². The predicted molar refractivity (Wildman–Crippen MR) is 73.3 cm³/mol. The minimum atomic E-state index is -0.551. The molecule has 1 aromatic carbocycles. The Balaban J connectivity index is 2.19. The molecule has 0 spiro atoms. The van der Waals surface area contributed by atoms with Gasteiger partial charge in [-0.3, -0.25) is 14.9 Å². The molecule has 0 aliphatic carbocycles. The fraction of sp³-hybridized carbons (Fsp3) is 0.154. The van der Waals surface area contributed by atoms with Gasteiger partial charge in [0.2, 0.25) is 0 Å². The summed E-state index contributed by atoms with van der Waals surface area (Å²) in [4.78, 5) is 23.4. The lowest BCUT2D eigenvalue weighted by molar-refractivity contribution is -0.385. The van der Waals surface area contributed by atoms with Gasteiger partial charge in [0.05, 0.1) is 11.0 Å². The van der Waals surface area contributed by atoms with Gasteiger partial charge in [-0.15, -0.1) is 11.3 Å². The van der Waals surface area contributed by atoms with Crippen LogP contribution in [0.3, 0.4) is 0 Å². The Hall–Kier alpha value is -2.21. The Kier molecular flexibility index (Phi) is 3.91. The number of benzene rings is 1. The number of amides is 1. The standard InChI is InChI=1S/C13H12N2O3S/c1-9(12-7-4-8-19-12)14-13(16)10-5-2-3-6-11(10)15(17)18/h2-9H,1H3,(H,14,16). The van der Waals surface area contributed by atoms with E-state index in [-0.39, 0.29) is 17.3 Å². The van der Waals surface area contributed by atoms with E-state index in [2.05, 4.69) is 5.32 Å². The number of para-hydroxylation sites is 1. The SMILES string of the molecule is CC(NC(=O)c1ccccc1[N+](=O)[O-])c1cccs1. The van der Waals surface area contributed by atoms with Gasteiger partial charge in [-0.25, -0.2) is 0 Å². The van der Waals surface area contributed by atoms with Gasteiger partial charge in [0, 0.05) is 10.9 Å².